The summed E-state index contributed by atoms with van der Waals surface area (Å²) in [5.41, 5.74) is 1.86. The Labute approximate surface area is 93.1 Å². The molecular formula is C11H13ClN2O. The molecule has 3 nitrogen and oxygen atoms in total. The molecule has 1 atom stereocenters. The molecule has 1 heterocycles. The number of H-pyrrole nitrogens is 1. The molecule has 0 radical (unpaired) electrons. The molecule has 4 heteroatoms. The van der Waals surface area contributed by atoms with Gasteiger partial charge in [-0.1, -0.05) is 11.6 Å². The molecule has 0 unspecified atom stereocenters. The van der Waals surface area contributed by atoms with Crippen molar-refractivity contribution < 1.29 is 5.11 Å². The molecule has 0 saturated carbocycles. The topological polar surface area (TPSA) is 48.9 Å². The van der Waals surface area contributed by atoms with Gasteiger partial charge in [0.15, 0.2) is 0 Å². The summed E-state index contributed by atoms with van der Waals surface area (Å²) in [4.78, 5) is 7.59. The highest BCUT2D eigenvalue weighted by atomic mass is 35.5. The normalized spacial score (nSPS) is 13.3. The van der Waals surface area contributed by atoms with Crippen LogP contribution in [0.4, 0.5) is 0 Å². The van der Waals surface area contributed by atoms with Crippen LogP contribution < -0.4 is 0 Å². The number of imidazole rings is 1. The van der Waals surface area contributed by atoms with E-state index >= 15 is 0 Å². The summed E-state index contributed by atoms with van der Waals surface area (Å²) in [6.45, 7) is 1.78. The predicted octanol–water partition coefficient (Wildman–Crippen LogP) is 2.53. The zero-order valence-electron chi connectivity index (χ0n) is 8.50. The first kappa shape index (κ1) is 10.5. The molecule has 0 aliphatic rings. The summed E-state index contributed by atoms with van der Waals surface area (Å²) in [5.74, 6) is 0.896. The van der Waals surface area contributed by atoms with Crippen molar-refractivity contribution in [2.24, 2.45) is 0 Å². The number of aliphatic hydroxyl groups is 1. The number of nitrogens with one attached hydrogen (secondary N) is 1. The summed E-state index contributed by atoms with van der Waals surface area (Å²) < 4.78 is 0. The van der Waals surface area contributed by atoms with Gasteiger partial charge in [-0.15, -0.1) is 0 Å². The summed E-state index contributed by atoms with van der Waals surface area (Å²) in [5, 5.41) is 9.87. The molecule has 15 heavy (non-hydrogen) atoms. The zero-order valence-corrected chi connectivity index (χ0v) is 9.25. The van der Waals surface area contributed by atoms with Crippen molar-refractivity contribution >= 4 is 22.6 Å². The number of halogens is 1. The number of benzene rings is 1. The van der Waals surface area contributed by atoms with Crippen molar-refractivity contribution in [1.82, 2.24) is 9.97 Å². The third-order valence-corrected chi connectivity index (χ3v) is 2.53. The molecule has 0 bridgehead atoms. The number of aromatic nitrogens is 2. The molecular weight excluding hydrogens is 212 g/mol. The Bertz CT molecular complexity index is 465. The smallest absolute Gasteiger partial charge is 0.107 e. The molecule has 1 aromatic carbocycles. The number of hydrogen-bond acceptors (Lipinski definition) is 2. The number of rotatable bonds is 3. The van der Waals surface area contributed by atoms with E-state index in [1.807, 2.05) is 18.2 Å². The second-order valence-electron chi connectivity index (χ2n) is 3.73. The summed E-state index contributed by atoms with van der Waals surface area (Å²) in [6, 6.07) is 5.57. The Morgan fingerprint density at radius 2 is 2.33 bits per heavy atom. The van der Waals surface area contributed by atoms with E-state index in [9.17, 15) is 0 Å². The van der Waals surface area contributed by atoms with E-state index in [-0.39, 0.29) is 6.10 Å². The Morgan fingerprint density at radius 3 is 3.07 bits per heavy atom. The van der Waals surface area contributed by atoms with Gasteiger partial charge in [0.2, 0.25) is 0 Å². The summed E-state index contributed by atoms with van der Waals surface area (Å²) >= 11 is 5.87. The fourth-order valence-corrected chi connectivity index (χ4v) is 1.67. The van der Waals surface area contributed by atoms with Crippen molar-refractivity contribution in [3.63, 3.8) is 0 Å². The molecule has 2 aromatic rings. The second-order valence-corrected chi connectivity index (χ2v) is 4.17. The molecule has 0 amide bonds. The van der Waals surface area contributed by atoms with Crippen molar-refractivity contribution in [2.45, 2.75) is 25.9 Å². The maximum Gasteiger partial charge on any atom is 0.107 e. The van der Waals surface area contributed by atoms with Gasteiger partial charge < -0.3 is 10.1 Å². The molecule has 2 N–H and O–H groups in total. The fourth-order valence-electron chi connectivity index (χ4n) is 1.50. The predicted molar refractivity (Wildman–Crippen MR) is 61.1 cm³/mol. The van der Waals surface area contributed by atoms with Gasteiger partial charge in [0.05, 0.1) is 17.1 Å². The first-order valence-electron chi connectivity index (χ1n) is 4.97. The van der Waals surface area contributed by atoms with Gasteiger partial charge >= 0.3 is 0 Å². The van der Waals surface area contributed by atoms with Gasteiger partial charge in [-0.2, -0.15) is 0 Å². The van der Waals surface area contributed by atoms with Crippen LogP contribution in [0, 0.1) is 0 Å². The maximum atomic E-state index is 9.17. The minimum absolute atomic E-state index is 0.290. The second kappa shape index (κ2) is 4.21. The van der Waals surface area contributed by atoms with Crippen LogP contribution in [0.25, 0.3) is 11.0 Å². The first-order valence-corrected chi connectivity index (χ1v) is 5.35. The van der Waals surface area contributed by atoms with Crippen LogP contribution in [0.2, 0.25) is 5.02 Å². The van der Waals surface area contributed by atoms with Gasteiger partial charge in [0.25, 0.3) is 0 Å². The largest absolute Gasteiger partial charge is 0.393 e. The van der Waals surface area contributed by atoms with E-state index in [4.69, 9.17) is 16.7 Å². The summed E-state index contributed by atoms with van der Waals surface area (Å²) in [6.07, 6.45) is 1.18. The zero-order chi connectivity index (χ0) is 10.8. The minimum Gasteiger partial charge on any atom is -0.393 e. The van der Waals surface area contributed by atoms with E-state index in [0.717, 1.165) is 23.3 Å². The first-order chi connectivity index (χ1) is 7.15. The highest BCUT2D eigenvalue weighted by Crippen LogP contribution is 2.17. The maximum absolute atomic E-state index is 9.17. The minimum atomic E-state index is -0.290. The van der Waals surface area contributed by atoms with Crippen molar-refractivity contribution in [2.75, 3.05) is 0 Å². The molecule has 0 spiro atoms. The lowest BCUT2D eigenvalue weighted by molar-refractivity contribution is 0.184. The van der Waals surface area contributed by atoms with E-state index < -0.39 is 0 Å². The molecule has 0 saturated heterocycles. The number of hydrogen-bond donors (Lipinski definition) is 2. The molecule has 2 rings (SSSR count). The Kier molecular flexibility index (Phi) is 2.93. The number of aryl methyl sites for hydroxylation is 1. The van der Waals surface area contributed by atoms with Crippen LogP contribution in [-0.4, -0.2) is 21.2 Å². The molecule has 0 aliphatic heterocycles. The fraction of sp³-hybridized carbons (Fsp3) is 0.364. The van der Waals surface area contributed by atoms with Crippen molar-refractivity contribution in [3.8, 4) is 0 Å². The average molecular weight is 225 g/mol. The molecule has 0 aliphatic carbocycles. The molecule has 1 aromatic heterocycles. The van der Waals surface area contributed by atoms with Crippen LogP contribution >= 0.6 is 11.6 Å². The average Bonchev–Trinajstić information content (AvgIpc) is 2.56. The van der Waals surface area contributed by atoms with Gasteiger partial charge in [-0.3, -0.25) is 0 Å². The standard InChI is InChI=1S/C11H13ClN2O/c1-7(15)2-5-11-13-9-4-3-8(12)6-10(9)14-11/h3-4,6-7,15H,2,5H2,1H3,(H,13,14)/t7-/m1/s1. The van der Waals surface area contributed by atoms with Crippen LogP contribution in [0.5, 0.6) is 0 Å². The van der Waals surface area contributed by atoms with Gasteiger partial charge in [-0.25, -0.2) is 4.98 Å². The van der Waals surface area contributed by atoms with Crippen LogP contribution in [-0.2, 0) is 6.42 Å². The van der Waals surface area contributed by atoms with Crippen LogP contribution in [0.15, 0.2) is 18.2 Å². The van der Waals surface area contributed by atoms with Gasteiger partial charge in [-0.05, 0) is 31.5 Å². The molecule has 80 valence electrons. The lowest BCUT2D eigenvalue weighted by Crippen LogP contribution is -2.02. The van der Waals surface area contributed by atoms with Gasteiger partial charge in [0, 0.05) is 11.4 Å². The number of aromatic amines is 1. The highest BCUT2D eigenvalue weighted by Gasteiger charge is 2.04. The third kappa shape index (κ3) is 2.49. The lowest BCUT2D eigenvalue weighted by Gasteiger charge is -1.99. The van der Waals surface area contributed by atoms with Crippen LogP contribution in [0.3, 0.4) is 0 Å². The summed E-state index contributed by atoms with van der Waals surface area (Å²) in [7, 11) is 0. The van der Waals surface area contributed by atoms with Gasteiger partial charge in [0.1, 0.15) is 5.82 Å². The quantitative estimate of drug-likeness (QED) is 0.842. The Hall–Kier alpha value is -1.06. The lowest BCUT2D eigenvalue weighted by atomic mass is 10.2. The number of aliphatic hydroxyl groups excluding tert-OH is 1. The van der Waals surface area contributed by atoms with Crippen molar-refractivity contribution in [3.05, 3.63) is 29.0 Å². The highest BCUT2D eigenvalue weighted by molar-refractivity contribution is 6.31. The number of fused-ring (bicyclic) bond motifs is 1. The van der Waals surface area contributed by atoms with Crippen LogP contribution in [0.1, 0.15) is 19.2 Å². The van der Waals surface area contributed by atoms with E-state index in [2.05, 4.69) is 9.97 Å². The molecule has 0 fully saturated rings. The monoisotopic (exact) mass is 224 g/mol. The Morgan fingerprint density at radius 1 is 1.53 bits per heavy atom. The van der Waals surface area contributed by atoms with E-state index in [1.54, 1.807) is 6.92 Å². The third-order valence-electron chi connectivity index (χ3n) is 2.29. The van der Waals surface area contributed by atoms with E-state index in [0.29, 0.717) is 11.4 Å². The van der Waals surface area contributed by atoms with E-state index in [1.165, 1.54) is 0 Å². The Balaban J connectivity index is 2.23. The number of nitrogens with zero attached hydrogens (tertiary/aromatic N) is 1. The SMILES string of the molecule is C[C@@H](O)CCc1nc2ccc(Cl)cc2[nH]1. The van der Waals surface area contributed by atoms with Crippen molar-refractivity contribution in [1.29, 1.82) is 0 Å².